The van der Waals surface area contributed by atoms with E-state index in [0.29, 0.717) is 18.0 Å². The summed E-state index contributed by atoms with van der Waals surface area (Å²) in [6.45, 7) is 10.3. The minimum atomic E-state index is -3.50. The third-order valence-corrected chi connectivity index (χ3v) is 5.36. The molecule has 1 heterocycles. The molecule has 1 saturated heterocycles. The highest BCUT2D eigenvalue weighted by atomic mass is 32.2. The smallest absolute Gasteiger partial charge is 0.243 e. The fourth-order valence-corrected chi connectivity index (χ4v) is 4.32. The molecule has 124 valence electrons. The first-order chi connectivity index (χ1) is 10.2. The van der Waals surface area contributed by atoms with Gasteiger partial charge in [-0.2, -0.15) is 4.31 Å². The number of aryl methyl sites for hydroxylation is 1. The molecule has 1 fully saturated rings. The Hall–Kier alpha value is -1.11. The van der Waals surface area contributed by atoms with Crippen LogP contribution in [0, 0.1) is 6.92 Å². The van der Waals surface area contributed by atoms with Crippen molar-refractivity contribution in [3.05, 3.63) is 23.8 Å². The standard InChI is InChI=1S/C16H25NO4S/c1-11(2)20-16-7-6-15(8-12(16)3)22(18,19)17-9-13(4)21-14(5)10-17/h6-8,11,13-14H,9-10H2,1-5H3. The number of nitrogens with zero attached hydrogens (tertiary/aromatic N) is 1. The summed E-state index contributed by atoms with van der Waals surface area (Å²) in [6.07, 6.45) is -0.131. The second-order valence-corrected chi connectivity index (χ2v) is 8.11. The molecule has 5 nitrogen and oxygen atoms in total. The molecule has 1 aliphatic heterocycles. The average molecular weight is 327 g/mol. The molecule has 2 unspecified atom stereocenters. The topological polar surface area (TPSA) is 55.8 Å². The Kier molecular flexibility index (Phi) is 5.14. The first kappa shape index (κ1) is 17.2. The molecule has 22 heavy (non-hydrogen) atoms. The molecule has 0 amide bonds. The fourth-order valence-electron chi connectivity index (χ4n) is 2.64. The molecule has 0 saturated carbocycles. The van der Waals surface area contributed by atoms with Crippen LogP contribution in [0.2, 0.25) is 0 Å². The van der Waals surface area contributed by atoms with Crippen molar-refractivity contribution in [3.63, 3.8) is 0 Å². The number of benzene rings is 1. The van der Waals surface area contributed by atoms with Crippen molar-refractivity contribution < 1.29 is 17.9 Å². The lowest BCUT2D eigenvalue weighted by Crippen LogP contribution is -2.48. The normalized spacial score (nSPS) is 23.7. The number of rotatable bonds is 4. The van der Waals surface area contributed by atoms with Crippen LogP contribution in [0.1, 0.15) is 33.3 Å². The third-order valence-electron chi connectivity index (χ3n) is 3.53. The molecule has 1 aromatic carbocycles. The lowest BCUT2D eigenvalue weighted by molar-refractivity contribution is -0.0440. The highest BCUT2D eigenvalue weighted by molar-refractivity contribution is 7.89. The highest BCUT2D eigenvalue weighted by Gasteiger charge is 2.32. The van der Waals surface area contributed by atoms with Gasteiger partial charge in [0.1, 0.15) is 5.75 Å². The van der Waals surface area contributed by atoms with Crippen LogP contribution in [0.3, 0.4) is 0 Å². The van der Waals surface area contributed by atoms with Gasteiger partial charge in [0.2, 0.25) is 10.0 Å². The van der Waals surface area contributed by atoms with E-state index in [1.54, 1.807) is 18.2 Å². The van der Waals surface area contributed by atoms with Gasteiger partial charge in [0.05, 0.1) is 23.2 Å². The predicted molar refractivity (Wildman–Crippen MR) is 85.7 cm³/mol. The van der Waals surface area contributed by atoms with Gasteiger partial charge in [-0.3, -0.25) is 0 Å². The second-order valence-electron chi connectivity index (χ2n) is 6.17. The van der Waals surface area contributed by atoms with Crippen LogP contribution in [0.5, 0.6) is 5.75 Å². The van der Waals surface area contributed by atoms with Crippen molar-refractivity contribution in [1.82, 2.24) is 4.31 Å². The number of hydrogen-bond acceptors (Lipinski definition) is 4. The van der Waals surface area contributed by atoms with Crippen LogP contribution in [0.15, 0.2) is 23.1 Å². The van der Waals surface area contributed by atoms with Crippen molar-refractivity contribution in [2.45, 2.75) is 57.8 Å². The minimum Gasteiger partial charge on any atom is -0.491 e. The van der Waals surface area contributed by atoms with Gasteiger partial charge < -0.3 is 9.47 Å². The molecular weight excluding hydrogens is 302 g/mol. The van der Waals surface area contributed by atoms with Crippen molar-refractivity contribution in [2.75, 3.05) is 13.1 Å². The van der Waals surface area contributed by atoms with Gasteiger partial charge in [-0.1, -0.05) is 0 Å². The number of ether oxygens (including phenoxy) is 2. The largest absolute Gasteiger partial charge is 0.491 e. The van der Waals surface area contributed by atoms with Gasteiger partial charge in [0.15, 0.2) is 0 Å². The summed E-state index contributed by atoms with van der Waals surface area (Å²) in [6, 6.07) is 5.03. The second kappa shape index (κ2) is 6.56. The van der Waals surface area contributed by atoms with Crippen LogP contribution in [-0.2, 0) is 14.8 Å². The quantitative estimate of drug-likeness (QED) is 0.853. The summed E-state index contributed by atoms with van der Waals surface area (Å²) in [5, 5.41) is 0. The van der Waals surface area contributed by atoms with Gasteiger partial charge in [0.25, 0.3) is 0 Å². The van der Waals surface area contributed by atoms with Gasteiger partial charge in [-0.05, 0) is 58.4 Å². The average Bonchev–Trinajstić information content (AvgIpc) is 2.39. The Morgan fingerprint density at radius 3 is 2.32 bits per heavy atom. The fraction of sp³-hybridized carbons (Fsp3) is 0.625. The Morgan fingerprint density at radius 2 is 1.82 bits per heavy atom. The summed E-state index contributed by atoms with van der Waals surface area (Å²) in [5.41, 5.74) is 0.823. The van der Waals surface area contributed by atoms with Crippen molar-refractivity contribution in [1.29, 1.82) is 0 Å². The molecule has 0 aliphatic carbocycles. The van der Waals surface area contributed by atoms with Gasteiger partial charge in [-0.15, -0.1) is 0 Å². The number of morpholine rings is 1. The number of hydrogen-bond donors (Lipinski definition) is 0. The van der Waals surface area contributed by atoms with Crippen LogP contribution in [-0.4, -0.2) is 44.1 Å². The van der Waals surface area contributed by atoms with E-state index in [1.165, 1.54) is 4.31 Å². The van der Waals surface area contributed by atoms with Crippen molar-refractivity contribution >= 4 is 10.0 Å². The monoisotopic (exact) mass is 327 g/mol. The zero-order valence-electron chi connectivity index (χ0n) is 13.9. The molecule has 1 aromatic rings. The zero-order valence-corrected chi connectivity index (χ0v) is 14.7. The molecule has 0 spiro atoms. The van der Waals surface area contributed by atoms with Gasteiger partial charge >= 0.3 is 0 Å². The maximum Gasteiger partial charge on any atom is 0.243 e. The molecule has 2 atom stereocenters. The van der Waals surface area contributed by atoms with Crippen LogP contribution in [0.4, 0.5) is 0 Å². The van der Waals surface area contributed by atoms with Crippen molar-refractivity contribution in [3.8, 4) is 5.75 Å². The summed E-state index contributed by atoms with van der Waals surface area (Å²) < 4.78 is 38.4. The maximum atomic E-state index is 12.8. The highest BCUT2D eigenvalue weighted by Crippen LogP contribution is 2.26. The van der Waals surface area contributed by atoms with E-state index >= 15 is 0 Å². The van der Waals surface area contributed by atoms with E-state index in [1.807, 2.05) is 34.6 Å². The summed E-state index contributed by atoms with van der Waals surface area (Å²) in [4.78, 5) is 0.308. The van der Waals surface area contributed by atoms with Crippen molar-refractivity contribution in [2.24, 2.45) is 0 Å². The predicted octanol–water partition coefficient (Wildman–Crippen LogP) is 2.58. The molecule has 0 aromatic heterocycles. The van der Waals surface area contributed by atoms with Crippen LogP contribution < -0.4 is 4.74 Å². The Morgan fingerprint density at radius 1 is 1.23 bits per heavy atom. The molecular formula is C16H25NO4S. The van der Waals surface area contributed by atoms with E-state index in [-0.39, 0.29) is 18.3 Å². The summed E-state index contributed by atoms with van der Waals surface area (Å²) >= 11 is 0. The van der Waals surface area contributed by atoms with E-state index in [9.17, 15) is 8.42 Å². The molecule has 0 N–H and O–H groups in total. The lowest BCUT2D eigenvalue weighted by atomic mass is 10.2. The lowest BCUT2D eigenvalue weighted by Gasteiger charge is -2.34. The number of sulfonamides is 1. The van der Waals surface area contributed by atoms with E-state index in [0.717, 1.165) is 11.3 Å². The van der Waals surface area contributed by atoms with Gasteiger partial charge in [-0.25, -0.2) is 8.42 Å². The summed E-state index contributed by atoms with van der Waals surface area (Å²) in [7, 11) is -3.50. The minimum absolute atomic E-state index is 0.0575. The molecule has 0 radical (unpaired) electrons. The Bertz CT molecular complexity index is 617. The zero-order chi connectivity index (χ0) is 16.5. The molecule has 0 bridgehead atoms. The van der Waals surface area contributed by atoms with Crippen LogP contribution >= 0.6 is 0 Å². The SMILES string of the molecule is Cc1cc(S(=O)(=O)N2CC(C)OC(C)C2)ccc1OC(C)C. The van der Waals surface area contributed by atoms with Crippen LogP contribution in [0.25, 0.3) is 0 Å². The third kappa shape index (κ3) is 3.80. The van der Waals surface area contributed by atoms with Gasteiger partial charge in [0, 0.05) is 13.1 Å². The summed E-state index contributed by atoms with van der Waals surface area (Å²) in [5.74, 6) is 0.720. The Labute approximate surface area is 133 Å². The van der Waals surface area contributed by atoms with E-state index in [4.69, 9.17) is 9.47 Å². The first-order valence-electron chi connectivity index (χ1n) is 7.63. The Balaban J connectivity index is 2.28. The van der Waals surface area contributed by atoms with E-state index in [2.05, 4.69) is 0 Å². The molecule has 2 rings (SSSR count). The maximum absolute atomic E-state index is 12.8. The molecule has 1 aliphatic rings. The molecule has 6 heteroatoms. The van der Waals surface area contributed by atoms with E-state index < -0.39 is 10.0 Å². The first-order valence-corrected chi connectivity index (χ1v) is 9.07.